The summed E-state index contributed by atoms with van der Waals surface area (Å²) in [6, 6.07) is 0. The Balaban J connectivity index is 1.86. The molecule has 170 valence electrons. The first-order chi connectivity index (χ1) is 13.6. The highest BCUT2D eigenvalue weighted by Gasteiger charge is 2.48. The Morgan fingerprint density at radius 1 is 0.586 bits per heavy atom. The Hall–Kier alpha value is 0.860. The summed E-state index contributed by atoms with van der Waals surface area (Å²) in [5.74, 6) is 1.04. The van der Waals surface area contributed by atoms with Crippen molar-refractivity contribution in [1.82, 2.24) is 0 Å². The van der Waals surface area contributed by atoms with Crippen LogP contribution in [0, 0.1) is 5.92 Å². The van der Waals surface area contributed by atoms with Gasteiger partial charge in [0.05, 0.1) is 0 Å². The molecule has 0 aromatic heterocycles. The molecule has 0 aromatic carbocycles. The van der Waals surface area contributed by atoms with Crippen molar-refractivity contribution in [2.24, 2.45) is 5.92 Å². The van der Waals surface area contributed by atoms with Crippen LogP contribution in [-0.4, -0.2) is 32.9 Å². The quantitative estimate of drug-likeness (QED) is 0.375. The molecule has 29 heavy (non-hydrogen) atoms. The molecule has 3 rings (SSSR count). The first kappa shape index (κ1) is 24.5. The van der Waals surface area contributed by atoms with E-state index in [1.807, 2.05) is 0 Å². The Morgan fingerprint density at radius 3 is 1.45 bits per heavy atom. The SMILES string of the molecule is C[C@H](C1CCCC1P(C1CCCCC1)C1CCCCC1)P(C(C)(C)C)C(C)(C)C. The average molecular weight is 439 g/mol. The van der Waals surface area contributed by atoms with Gasteiger partial charge in [-0.15, -0.1) is 0 Å². The lowest BCUT2D eigenvalue weighted by atomic mass is 9.99. The molecular formula is C27H52P2. The summed E-state index contributed by atoms with van der Waals surface area (Å²) in [4.78, 5) is 0. The van der Waals surface area contributed by atoms with Gasteiger partial charge in [-0.3, -0.25) is 0 Å². The third-order valence-electron chi connectivity index (χ3n) is 8.38. The molecule has 0 N–H and O–H groups in total. The van der Waals surface area contributed by atoms with Crippen molar-refractivity contribution in [2.75, 3.05) is 0 Å². The maximum absolute atomic E-state index is 2.71. The Morgan fingerprint density at radius 2 is 1.03 bits per heavy atom. The van der Waals surface area contributed by atoms with E-state index >= 15 is 0 Å². The van der Waals surface area contributed by atoms with Crippen LogP contribution in [-0.2, 0) is 0 Å². The number of hydrogen-bond acceptors (Lipinski definition) is 0. The topological polar surface area (TPSA) is 0 Å². The Labute approximate surface area is 186 Å². The van der Waals surface area contributed by atoms with Crippen LogP contribution in [0.3, 0.4) is 0 Å². The van der Waals surface area contributed by atoms with Crippen molar-refractivity contribution in [1.29, 1.82) is 0 Å². The Kier molecular flexibility index (Phi) is 8.62. The lowest BCUT2D eigenvalue weighted by molar-refractivity contribution is 0.466. The molecule has 0 spiro atoms. The maximum atomic E-state index is 2.71. The molecule has 0 bridgehead atoms. The zero-order valence-electron chi connectivity index (χ0n) is 21.0. The summed E-state index contributed by atoms with van der Waals surface area (Å²) in [6.07, 6.45) is 20.2. The molecule has 0 amide bonds. The van der Waals surface area contributed by atoms with Crippen molar-refractivity contribution in [2.45, 2.75) is 165 Å². The monoisotopic (exact) mass is 438 g/mol. The van der Waals surface area contributed by atoms with E-state index in [1.54, 1.807) is 64.2 Å². The van der Waals surface area contributed by atoms with E-state index in [0.29, 0.717) is 10.3 Å². The molecule has 0 radical (unpaired) electrons. The molecule has 3 atom stereocenters. The first-order valence-corrected chi connectivity index (χ1v) is 16.1. The summed E-state index contributed by atoms with van der Waals surface area (Å²) < 4.78 is 0. The smallest absolute Gasteiger partial charge is 0.0170 e. The minimum Gasteiger partial charge on any atom is -0.0968 e. The minimum atomic E-state index is 0.00912. The van der Waals surface area contributed by atoms with E-state index in [-0.39, 0.29) is 15.8 Å². The van der Waals surface area contributed by atoms with E-state index < -0.39 is 0 Å². The van der Waals surface area contributed by atoms with Crippen molar-refractivity contribution < 1.29 is 0 Å². The van der Waals surface area contributed by atoms with Gasteiger partial charge in [0.15, 0.2) is 0 Å². The van der Waals surface area contributed by atoms with Gasteiger partial charge < -0.3 is 0 Å². The zero-order valence-corrected chi connectivity index (χ0v) is 22.8. The second-order valence-corrected chi connectivity index (χ2v) is 19.9. The van der Waals surface area contributed by atoms with Crippen LogP contribution in [0.2, 0.25) is 0 Å². The molecule has 2 unspecified atom stereocenters. The van der Waals surface area contributed by atoms with Gasteiger partial charge in [-0.05, 0) is 77.4 Å². The van der Waals surface area contributed by atoms with E-state index in [4.69, 9.17) is 0 Å². The molecule has 3 saturated carbocycles. The van der Waals surface area contributed by atoms with Crippen LogP contribution in [0.15, 0.2) is 0 Å². The summed E-state index contributed by atoms with van der Waals surface area (Å²) in [5, 5.41) is 0.942. The zero-order chi connectivity index (χ0) is 21.2. The molecule has 3 aliphatic rings. The van der Waals surface area contributed by atoms with Crippen LogP contribution in [0.1, 0.15) is 132 Å². The third kappa shape index (κ3) is 6.01. The highest BCUT2D eigenvalue weighted by molar-refractivity contribution is 7.62. The molecule has 0 aliphatic heterocycles. The van der Waals surface area contributed by atoms with Gasteiger partial charge in [0.1, 0.15) is 0 Å². The highest BCUT2D eigenvalue weighted by atomic mass is 31.1. The van der Waals surface area contributed by atoms with Crippen LogP contribution in [0.4, 0.5) is 0 Å². The molecule has 0 aromatic rings. The summed E-state index contributed by atoms with van der Waals surface area (Å²) in [7, 11) is 0.253. The van der Waals surface area contributed by atoms with Gasteiger partial charge in [-0.1, -0.05) is 109 Å². The lowest BCUT2D eigenvalue weighted by Gasteiger charge is -2.51. The van der Waals surface area contributed by atoms with E-state index in [2.05, 4.69) is 48.5 Å². The molecule has 0 saturated heterocycles. The molecule has 3 fully saturated rings. The van der Waals surface area contributed by atoms with E-state index in [0.717, 1.165) is 28.6 Å². The lowest BCUT2D eigenvalue weighted by Crippen LogP contribution is -2.37. The largest absolute Gasteiger partial charge is 0.0968 e. The summed E-state index contributed by atoms with van der Waals surface area (Å²) in [5.41, 5.74) is 4.32. The van der Waals surface area contributed by atoms with Crippen molar-refractivity contribution in [3.05, 3.63) is 0 Å². The Bertz CT molecular complexity index is 456. The predicted molar refractivity (Wildman–Crippen MR) is 138 cm³/mol. The molecule has 0 heterocycles. The third-order valence-corrected chi connectivity index (χ3v) is 16.6. The summed E-state index contributed by atoms with van der Waals surface area (Å²) in [6.45, 7) is 18.0. The second-order valence-electron chi connectivity index (χ2n) is 12.6. The van der Waals surface area contributed by atoms with Gasteiger partial charge in [0.2, 0.25) is 0 Å². The predicted octanol–water partition coefficient (Wildman–Crippen LogP) is 9.77. The molecule has 2 heteroatoms. The van der Waals surface area contributed by atoms with E-state index in [1.165, 1.54) is 19.3 Å². The fourth-order valence-electron chi connectivity index (χ4n) is 7.92. The minimum absolute atomic E-state index is 0.00912. The number of rotatable bonds is 5. The average Bonchev–Trinajstić information content (AvgIpc) is 3.11. The van der Waals surface area contributed by atoms with Crippen LogP contribution in [0.5, 0.6) is 0 Å². The molecular weight excluding hydrogens is 386 g/mol. The molecule has 3 aliphatic carbocycles. The normalized spacial score (nSPS) is 29.7. The van der Waals surface area contributed by atoms with Gasteiger partial charge in [0, 0.05) is 0 Å². The van der Waals surface area contributed by atoms with Crippen molar-refractivity contribution >= 4 is 15.8 Å². The fraction of sp³-hybridized carbons (Fsp3) is 1.00. The van der Waals surface area contributed by atoms with Gasteiger partial charge in [0.25, 0.3) is 0 Å². The highest BCUT2D eigenvalue weighted by Crippen LogP contribution is 2.70. The standard InChI is InChI=1S/C27H52P2/c1-21(29(26(2,3)4)27(5,6)7)24-19-14-20-25(24)28(22-15-10-8-11-16-22)23-17-12-9-13-18-23/h21-25H,8-20H2,1-7H3/t21-,24?,25?/m1/s1. The van der Waals surface area contributed by atoms with E-state index in [9.17, 15) is 0 Å². The fourth-order valence-corrected chi connectivity index (χ4v) is 18.2. The summed E-state index contributed by atoms with van der Waals surface area (Å²) >= 11 is 0. The van der Waals surface area contributed by atoms with Crippen molar-refractivity contribution in [3.63, 3.8) is 0 Å². The van der Waals surface area contributed by atoms with Crippen molar-refractivity contribution in [3.8, 4) is 0 Å². The van der Waals surface area contributed by atoms with Crippen LogP contribution >= 0.6 is 15.8 Å². The number of hydrogen-bond donors (Lipinski definition) is 0. The maximum Gasteiger partial charge on any atom is -0.0170 e. The van der Waals surface area contributed by atoms with Crippen LogP contribution in [0.25, 0.3) is 0 Å². The van der Waals surface area contributed by atoms with Gasteiger partial charge in [-0.2, -0.15) is 0 Å². The van der Waals surface area contributed by atoms with Gasteiger partial charge in [-0.25, -0.2) is 0 Å². The second kappa shape index (κ2) is 10.2. The van der Waals surface area contributed by atoms with Gasteiger partial charge >= 0.3 is 0 Å². The first-order valence-electron chi connectivity index (χ1n) is 13.2. The van der Waals surface area contributed by atoms with Crippen LogP contribution < -0.4 is 0 Å². The molecule has 0 nitrogen and oxygen atoms in total.